The van der Waals surface area contributed by atoms with Crippen molar-refractivity contribution in [2.24, 2.45) is 0 Å². The quantitative estimate of drug-likeness (QED) is 0.557. The number of anilines is 1. The highest BCUT2D eigenvalue weighted by molar-refractivity contribution is 5.91. The van der Waals surface area contributed by atoms with Gasteiger partial charge in [0, 0.05) is 0 Å². The third kappa shape index (κ3) is 3.66. The summed E-state index contributed by atoms with van der Waals surface area (Å²) in [6.45, 7) is -0.496. The maximum atomic E-state index is 13.1. The van der Waals surface area contributed by atoms with Gasteiger partial charge in [0.25, 0.3) is 5.56 Å². The third-order valence-electron chi connectivity index (χ3n) is 4.38. The van der Waals surface area contributed by atoms with Gasteiger partial charge in [0.1, 0.15) is 18.3 Å². The minimum Gasteiger partial charge on any atom is -0.324 e. The highest BCUT2D eigenvalue weighted by Gasteiger charge is 2.33. The first kappa shape index (κ1) is 19.4. The molecule has 0 aliphatic rings. The molecule has 0 aliphatic carbocycles. The van der Waals surface area contributed by atoms with E-state index in [0.717, 1.165) is 16.7 Å². The van der Waals surface area contributed by atoms with Gasteiger partial charge in [-0.2, -0.15) is 18.3 Å². The Hall–Kier alpha value is -3.95. The van der Waals surface area contributed by atoms with Crippen LogP contribution in [0.4, 0.5) is 18.9 Å². The number of rotatable bonds is 4. The maximum absolute atomic E-state index is 13.1. The van der Waals surface area contributed by atoms with Crippen LogP contribution in [-0.2, 0) is 17.5 Å². The summed E-state index contributed by atoms with van der Waals surface area (Å²) in [4.78, 5) is 29.2. The average Bonchev–Trinajstić information content (AvgIpc) is 3.15. The van der Waals surface area contributed by atoms with Gasteiger partial charge in [-0.25, -0.2) is 9.67 Å². The predicted molar refractivity (Wildman–Crippen MR) is 103 cm³/mol. The Morgan fingerprint density at radius 2 is 1.73 bits per heavy atom. The van der Waals surface area contributed by atoms with Gasteiger partial charge in [-0.15, -0.1) is 0 Å². The van der Waals surface area contributed by atoms with Crippen LogP contribution in [0.5, 0.6) is 0 Å². The first-order chi connectivity index (χ1) is 14.3. The lowest BCUT2D eigenvalue weighted by molar-refractivity contribution is -0.137. The van der Waals surface area contributed by atoms with Gasteiger partial charge in [-0.1, -0.05) is 30.3 Å². The normalized spacial score (nSPS) is 11.6. The molecule has 1 amide bonds. The number of alkyl halides is 3. The highest BCUT2D eigenvalue weighted by atomic mass is 19.4. The van der Waals surface area contributed by atoms with Gasteiger partial charge >= 0.3 is 6.18 Å². The van der Waals surface area contributed by atoms with E-state index in [0.29, 0.717) is 11.3 Å². The Labute approximate surface area is 167 Å². The van der Waals surface area contributed by atoms with E-state index in [1.807, 2.05) is 18.2 Å². The van der Waals surface area contributed by atoms with E-state index in [1.165, 1.54) is 29.3 Å². The fourth-order valence-corrected chi connectivity index (χ4v) is 3.00. The Bertz CT molecular complexity index is 1280. The fraction of sp³-hybridized carbons (Fsp3) is 0.100. The van der Waals surface area contributed by atoms with Gasteiger partial charge in [-0.05, 0) is 24.3 Å². The van der Waals surface area contributed by atoms with Crippen LogP contribution in [0.25, 0.3) is 16.7 Å². The van der Waals surface area contributed by atoms with Gasteiger partial charge < -0.3 is 5.32 Å². The highest BCUT2D eigenvalue weighted by Crippen LogP contribution is 2.34. The molecule has 2 aromatic heterocycles. The summed E-state index contributed by atoms with van der Waals surface area (Å²) < 4.78 is 41.7. The lowest BCUT2D eigenvalue weighted by Gasteiger charge is -2.13. The van der Waals surface area contributed by atoms with E-state index in [9.17, 15) is 22.8 Å². The molecular weight excluding hydrogens is 399 g/mol. The van der Waals surface area contributed by atoms with E-state index in [2.05, 4.69) is 15.4 Å². The SMILES string of the molecule is O=C(Cn1cnc2c(cnn2-c2ccccc2)c1=O)Nc1ccccc1C(F)(F)F. The number of fused-ring (bicyclic) bond motifs is 1. The van der Waals surface area contributed by atoms with Crippen molar-refractivity contribution in [3.8, 4) is 5.69 Å². The summed E-state index contributed by atoms with van der Waals surface area (Å²) in [7, 11) is 0. The topological polar surface area (TPSA) is 81.8 Å². The standard InChI is InChI=1S/C20H14F3N5O2/c21-20(22,23)15-8-4-5-9-16(15)26-17(29)11-27-12-24-18-14(19(27)30)10-25-28(18)13-6-2-1-3-7-13/h1-10,12H,11H2,(H,26,29). The van der Waals surface area contributed by atoms with Gasteiger partial charge in [0.2, 0.25) is 5.91 Å². The predicted octanol–water partition coefficient (Wildman–Crippen LogP) is 3.24. The largest absolute Gasteiger partial charge is 0.418 e. The van der Waals surface area contributed by atoms with E-state index < -0.39 is 29.8 Å². The van der Waals surface area contributed by atoms with Crippen LogP contribution in [0.15, 0.2) is 71.9 Å². The molecule has 0 radical (unpaired) electrons. The van der Waals surface area contributed by atoms with Crippen LogP contribution >= 0.6 is 0 Å². The van der Waals surface area contributed by atoms with Crippen molar-refractivity contribution in [2.45, 2.75) is 12.7 Å². The maximum Gasteiger partial charge on any atom is 0.418 e. The molecule has 4 aromatic rings. The minimum absolute atomic E-state index is 0.185. The van der Waals surface area contributed by atoms with Gasteiger partial charge in [0.05, 0.1) is 23.1 Å². The van der Waals surface area contributed by atoms with Crippen molar-refractivity contribution in [3.05, 3.63) is 83.0 Å². The molecule has 0 saturated carbocycles. The Balaban J connectivity index is 1.60. The fourth-order valence-electron chi connectivity index (χ4n) is 3.00. The number of carbonyl (C=O) groups excluding carboxylic acids is 1. The lowest BCUT2D eigenvalue weighted by atomic mass is 10.1. The second-order valence-electron chi connectivity index (χ2n) is 6.40. The van der Waals surface area contributed by atoms with E-state index in [1.54, 1.807) is 12.1 Å². The second-order valence-corrected chi connectivity index (χ2v) is 6.40. The number of nitrogens with zero attached hydrogens (tertiary/aromatic N) is 4. The smallest absolute Gasteiger partial charge is 0.324 e. The molecule has 0 spiro atoms. The van der Waals surface area contributed by atoms with Gasteiger partial charge in [-0.3, -0.25) is 14.2 Å². The molecule has 10 heteroatoms. The molecule has 1 N–H and O–H groups in total. The number of amides is 1. The van der Waals surface area contributed by atoms with Gasteiger partial charge in [0.15, 0.2) is 5.65 Å². The number of hydrogen-bond donors (Lipinski definition) is 1. The number of halogens is 3. The molecule has 30 heavy (non-hydrogen) atoms. The molecule has 152 valence electrons. The summed E-state index contributed by atoms with van der Waals surface area (Å²) in [6, 6.07) is 13.7. The first-order valence-electron chi connectivity index (χ1n) is 8.79. The number of para-hydroxylation sites is 2. The van der Waals surface area contributed by atoms with Crippen LogP contribution in [0.3, 0.4) is 0 Å². The lowest BCUT2D eigenvalue weighted by Crippen LogP contribution is -2.28. The number of benzene rings is 2. The van der Waals surface area contributed by atoms with Crippen molar-refractivity contribution < 1.29 is 18.0 Å². The summed E-state index contributed by atoms with van der Waals surface area (Å²) >= 11 is 0. The monoisotopic (exact) mass is 413 g/mol. The third-order valence-corrected chi connectivity index (χ3v) is 4.38. The van der Waals surface area contributed by atoms with E-state index >= 15 is 0 Å². The number of hydrogen-bond acceptors (Lipinski definition) is 4. The number of nitrogens with one attached hydrogen (secondary N) is 1. The van der Waals surface area contributed by atoms with Crippen LogP contribution in [-0.4, -0.2) is 25.2 Å². The summed E-state index contributed by atoms with van der Waals surface area (Å²) in [6.07, 6.45) is -2.11. The van der Waals surface area contributed by atoms with Crippen molar-refractivity contribution in [3.63, 3.8) is 0 Å². The van der Waals surface area contributed by atoms with Crippen molar-refractivity contribution in [1.29, 1.82) is 0 Å². The van der Waals surface area contributed by atoms with Crippen LogP contribution in [0.1, 0.15) is 5.56 Å². The van der Waals surface area contributed by atoms with Crippen LogP contribution in [0, 0.1) is 0 Å². The summed E-state index contributed by atoms with van der Waals surface area (Å²) in [5.41, 5.74) is -0.859. The number of aromatic nitrogens is 4. The molecule has 0 aliphatic heterocycles. The zero-order chi connectivity index (χ0) is 21.3. The Morgan fingerprint density at radius 3 is 2.47 bits per heavy atom. The molecule has 2 heterocycles. The van der Waals surface area contributed by atoms with E-state index in [4.69, 9.17) is 0 Å². The van der Waals surface area contributed by atoms with Crippen molar-refractivity contribution >= 4 is 22.6 Å². The molecule has 0 fully saturated rings. The zero-order valence-corrected chi connectivity index (χ0v) is 15.3. The van der Waals surface area contributed by atoms with Crippen molar-refractivity contribution in [2.75, 3.05) is 5.32 Å². The summed E-state index contributed by atoms with van der Waals surface area (Å²) in [5.74, 6) is -0.787. The van der Waals surface area contributed by atoms with Crippen LogP contribution < -0.4 is 10.9 Å². The second kappa shape index (κ2) is 7.47. The molecule has 4 rings (SSSR count). The Morgan fingerprint density at radius 1 is 1.03 bits per heavy atom. The average molecular weight is 413 g/mol. The molecule has 7 nitrogen and oxygen atoms in total. The minimum atomic E-state index is -4.62. The molecule has 0 unspecified atom stereocenters. The zero-order valence-electron chi connectivity index (χ0n) is 15.3. The molecule has 0 saturated heterocycles. The molecular formula is C20H14F3N5O2. The molecule has 2 aromatic carbocycles. The first-order valence-corrected chi connectivity index (χ1v) is 8.79. The van der Waals surface area contributed by atoms with Crippen LogP contribution in [0.2, 0.25) is 0 Å². The van der Waals surface area contributed by atoms with Crippen molar-refractivity contribution in [1.82, 2.24) is 19.3 Å². The summed E-state index contributed by atoms with van der Waals surface area (Å²) in [5, 5.41) is 6.56. The number of carbonyl (C=O) groups is 1. The Kier molecular flexibility index (Phi) is 4.82. The van der Waals surface area contributed by atoms with E-state index in [-0.39, 0.29) is 11.1 Å². The molecule has 0 atom stereocenters. The molecule has 0 bridgehead atoms.